The Bertz CT molecular complexity index is 947. The molecule has 0 amide bonds. The molecule has 0 spiro atoms. The topological polar surface area (TPSA) is 79.0 Å². The normalized spacial score (nSPS) is 11.6. The first-order chi connectivity index (χ1) is 13.1. The van der Waals surface area contributed by atoms with E-state index in [1.807, 2.05) is 25.1 Å². The summed E-state index contributed by atoms with van der Waals surface area (Å²) in [6.07, 6.45) is 0. The van der Waals surface area contributed by atoms with E-state index < -0.39 is 0 Å². The van der Waals surface area contributed by atoms with E-state index in [2.05, 4.69) is 28.6 Å². The van der Waals surface area contributed by atoms with Gasteiger partial charge in [0.2, 0.25) is 0 Å². The Morgan fingerprint density at radius 1 is 1.19 bits per heavy atom. The summed E-state index contributed by atoms with van der Waals surface area (Å²) in [7, 11) is 1.60. The van der Waals surface area contributed by atoms with Crippen molar-refractivity contribution in [2.45, 2.75) is 26.9 Å². The Labute approximate surface area is 158 Å². The summed E-state index contributed by atoms with van der Waals surface area (Å²) in [4.78, 5) is 4.56. The van der Waals surface area contributed by atoms with Crippen LogP contribution in [0.2, 0.25) is 0 Å². The van der Waals surface area contributed by atoms with Crippen LogP contribution in [0.4, 0.5) is 0 Å². The number of aliphatic imine (C=N–C) groups is 1. The molecular weight excluding hydrogens is 342 g/mol. The minimum atomic E-state index is 0.198. The van der Waals surface area contributed by atoms with Gasteiger partial charge in [0.05, 0.1) is 20.2 Å². The molecule has 3 rings (SSSR count). The number of guanidine groups is 1. The van der Waals surface area contributed by atoms with Crippen LogP contribution < -0.4 is 15.4 Å². The summed E-state index contributed by atoms with van der Waals surface area (Å²) < 4.78 is 11.1. The first kappa shape index (κ1) is 18.6. The molecule has 0 aliphatic heterocycles. The lowest BCUT2D eigenvalue weighted by Gasteiger charge is -2.11. The molecule has 1 aromatic heterocycles. The number of methoxy groups -OCH3 is 1. The van der Waals surface area contributed by atoms with E-state index in [1.54, 1.807) is 25.3 Å². The molecule has 0 atom stereocenters. The van der Waals surface area contributed by atoms with Gasteiger partial charge in [-0.2, -0.15) is 0 Å². The quantitative estimate of drug-likeness (QED) is 0.457. The number of ether oxygens (including phenoxy) is 1. The largest absolute Gasteiger partial charge is 0.508 e. The summed E-state index contributed by atoms with van der Waals surface area (Å²) in [5, 5.41) is 17.6. The summed E-state index contributed by atoms with van der Waals surface area (Å²) in [6, 6.07) is 13.1. The Balaban J connectivity index is 1.73. The number of nitrogens with one attached hydrogen (secondary N) is 2. The standard InChI is InChI=1S/C21H25N3O3/c1-4-22-21(23-12-15-11-16(26-3)9-10-18(15)25)24-13-20-14(2)17-7-5-6-8-19(17)27-20/h5-11,25H,4,12-13H2,1-3H3,(H2,22,23,24). The van der Waals surface area contributed by atoms with Crippen molar-refractivity contribution in [3.8, 4) is 11.5 Å². The molecule has 3 N–H and O–H groups in total. The van der Waals surface area contributed by atoms with E-state index in [-0.39, 0.29) is 5.75 Å². The maximum atomic E-state index is 10.0. The molecule has 0 fully saturated rings. The highest BCUT2D eigenvalue weighted by atomic mass is 16.5. The Morgan fingerprint density at radius 2 is 2.00 bits per heavy atom. The van der Waals surface area contributed by atoms with Gasteiger partial charge in [-0.1, -0.05) is 18.2 Å². The van der Waals surface area contributed by atoms with Crippen LogP contribution in [0.25, 0.3) is 11.0 Å². The van der Waals surface area contributed by atoms with Gasteiger partial charge in [0, 0.05) is 23.1 Å². The fraction of sp³-hybridized carbons (Fsp3) is 0.286. The van der Waals surface area contributed by atoms with Gasteiger partial charge < -0.3 is 24.9 Å². The second kappa shape index (κ2) is 8.49. The van der Waals surface area contributed by atoms with Crippen LogP contribution in [-0.4, -0.2) is 24.7 Å². The summed E-state index contributed by atoms with van der Waals surface area (Å²) in [5.41, 5.74) is 2.71. The molecule has 3 aromatic rings. The maximum Gasteiger partial charge on any atom is 0.191 e. The number of rotatable bonds is 6. The van der Waals surface area contributed by atoms with Crippen LogP contribution in [-0.2, 0) is 13.1 Å². The van der Waals surface area contributed by atoms with E-state index in [0.717, 1.165) is 28.8 Å². The van der Waals surface area contributed by atoms with Crippen molar-refractivity contribution in [1.82, 2.24) is 10.6 Å². The van der Waals surface area contributed by atoms with Crippen LogP contribution >= 0.6 is 0 Å². The van der Waals surface area contributed by atoms with Crippen LogP contribution in [0, 0.1) is 6.92 Å². The zero-order chi connectivity index (χ0) is 19.2. The van der Waals surface area contributed by atoms with Crippen LogP contribution in [0.1, 0.15) is 23.8 Å². The highest BCUT2D eigenvalue weighted by Gasteiger charge is 2.10. The number of benzene rings is 2. The molecular formula is C21H25N3O3. The van der Waals surface area contributed by atoms with E-state index in [0.29, 0.717) is 30.4 Å². The molecule has 142 valence electrons. The minimum absolute atomic E-state index is 0.198. The monoisotopic (exact) mass is 367 g/mol. The molecule has 6 heteroatoms. The van der Waals surface area contributed by atoms with Crippen LogP contribution in [0.15, 0.2) is 51.9 Å². The van der Waals surface area contributed by atoms with Crippen LogP contribution in [0.5, 0.6) is 11.5 Å². The molecule has 2 aromatic carbocycles. The number of hydrogen-bond donors (Lipinski definition) is 3. The Morgan fingerprint density at radius 3 is 2.74 bits per heavy atom. The number of aryl methyl sites for hydroxylation is 1. The summed E-state index contributed by atoms with van der Waals surface area (Å²) >= 11 is 0. The number of nitrogens with zero attached hydrogens (tertiary/aromatic N) is 1. The molecule has 0 bridgehead atoms. The fourth-order valence-electron chi connectivity index (χ4n) is 2.88. The third-order valence-corrected chi connectivity index (χ3v) is 4.40. The third kappa shape index (κ3) is 4.34. The molecule has 27 heavy (non-hydrogen) atoms. The van der Waals surface area contributed by atoms with Gasteiger partial charge in [-0.25, -0.2) is 4.99 Å². The predicted molar refractivity (Wildman–Crippen MR) is 107 cm³/mol. The molecule has 0 saturated carbocycles. The predicted octanol–water partition coefficient (Wildman–Crippen LogP) is 3.71. The molecule has 0 aliphatic rings. The smallest absolute Gasteiger partial charge is 0.191 e. The van der Waals surface area contributed by atoms with Gasteiger partial charge in [-0.15, -0.1) is 0 Å². The van der Waals surface area contributed by atoms with Crippen molar-refractivity contribution >= 4 is 16.9 Å². The average molecular weight is 367 g/mol. The number of furan rings is 1. The van der Waals surface area contributed by atoms with Crippen LogP contribution in [0.3, 0.4) is 0 Å². The van der Waals surface area contributed by atoms with Crippen molar-refractivity contribution in [1.29, 1.82) is 0 Å². The van der Waals surface area contributed by atoms with E-state index in [4.69, 9.17) is 9.15 Å². The Kier molecular flexibility index (Phi) is 5.86. The van der Waals surface area contributed by atoms with Gasteiger partial charge in [0.25, 0.3) is 0 Å². The lowest BCUT2D eigenvalue weighted by Crippen LogP contribution is -2.36. The number of para-hydroxylation sites is 1. The number of phenolic OH excluding ortho intramolecular Hbond substituents is 1. The van der Waals surface area contributed by atoms with Gasteiger partial charge in [0.1, 0.15) is 22.8 Å². The van der Waals surface area contributed by atoms with Crippen molar-refractivity contribution in [3.63, 3.8) is 0 Å². The SMILES string of the molecule is CCNC(=NCc1cc(OC)ccc1O)NCc1oc2ccccc2c1C. The molecule has 0 aliphatic carbocycles. The number of phenols is 1. The van der Waals surface area contributed by atoms with Crippen molar-refractivity contribution in [3.05, 3.63) is 59.4 Å². The first-order valence-corrected chi connectivity index (χ1v) is 8.97. The third-order valence-electron chi connectivity index (χ3n) is 4.40. The highest BCUT2D eigenvalue weighted by Crippen LogP contribution is 2.25. The van der Waals surface area contributed by atoms with Gasteiger partial charge in [-0.05, 0) is 38.1 Å². The lowest BCUT2D eigenvalue weighted by molar-refractivity contribution is 0.411. The van der Waals surface area contributed by atoms with Gasteiger partial charge >= 0.3 is 0 Å². The number of fused-ring (bicyclic) bond motifs is 1. The van der Waals surface area contributed by atoms with Gasteiger partial charge in [-0.3, -0.25) is 0 Å². The molecule has 6 nitrogen and oxygen atoms in total. The number of aromatic hydroxyl groups is 1. The minimum Gasteiger partial charge on any atom is -0.508 e. The summed E-state index contributed by atoms with van der Waals surface area (Å²) in [5.74, 6) is 2.42. The van der Waals surface area contributed by atoms with Gasteiger partial charge in [0.15, 0.2) is 5.96 Å². The zero-order valence-electron chi connectivity index (χ0n) is 15.9. The molecule has 0 unspecified atom stereocenters. The van der Waals surface area contributed by atoms with Crippen molar-refractivity contribution < 1.29 is 14.3 Å². The molecule has 1 heterocycles. The summed E-state index contributed by atoms with van der Waals surface area (Å²) in [6.45, 7) is 5.65. The van der Waals surface area contributed by atoms with E-state index in [1.165, 1.54) is 0 Å². The van der Waals surface area contributed by atoms with E-state index >= 15 is 0 Å². The molecule has 0 radical (unpaired) electrons. The highest BCUT2D eigenvalue weighted by molar-refractivity contribution is 5.83. The van der Waals surface area contributed by atoms with Crippen molar-refractivity contribution in [2.75, 3.05) is 13.7 Å². The maximum absolute atomic E-state index is 10.0. The molecule has 0 saturated heterocycles. The average Bonchev–Trinajstić information content (AvgIpc) is 3.01. The van der Waals surface area contributed by atoms with Crippen molar-refractivity contribution in [2.24, 2.45) is 4.99 Å². The fourth-order valence-corrected chi connectivity index (χ4v) is 2.88. The first-order valence-electron chi connectivity index (χ1n) is 8.97. The lowest BCUT2D eigenvalue weighted by atomic mass is 10.1. The Hall–Kier alpha value is -3.15. The van der Waals surface area contributed by atoms with E-state index in [9.17, 15) is 5.11 Å². The number of hydrogen-bond acceptors (Lipinski definition) is 4. The zero-order valence-corrected chi connectivity index (χ0v) is 15.9. The second-order valence-electron chi connectivity index (χ2n) is 6.19. The second-order valence-corrected chi connectivity index (χ2v) is 6.19.